The van der Waals surface area contributed by atoms with Gasteiger partial charge >= 0.3 is 6.09 Å². The van der Waals surface area contributed by atoms with E-state index in [9.17, 15) is 33.6 Å². The average molecular weight is 1070 g/mol. The molecule has 76 heavy (non-hydrogen) atoms. The molecular weight excluding hydrogens is 977 g/mol. The van der Waals surface area contributed by atoms with Crippen molar-refractivity contribution < 1.29 is 57.2 Å². The quantitative estimate of drug-likeness (QED) is 0.0772. The summed E-state index contributed by atoms with van der Waals surface area (Å²) in [6, 6.07) is 5.43. The van der Waals surface area contributed by atoms with Crippen LogP contribution in [0.25, 0.3) is 0 Å². The maximum atomic E-state index is 14.6. The van der Waals surface area contributed by atoms with Crippen LogP contribution in [0.1, 0.15) is 113 Å². The summed E-state index contributed by atoms with van der Waals surface area (Å²) in [6.45, 7) is 21.3. The van der Waals surface area contributed by atoms with E-state index in [1.54, 1.807) is 56.6 Å². The van der Waals surface area contributed by atoms with Gasteiger partial charge in [-0.15, -0.1) is 0 Å². The molecule has 2 fully saturated rings. The van der Waals surface area contributed by atoms with Crippen LogP contribution < -0.4 is 21.3 Å². The molecular formula is C56H96N8O12. The zero-order valence-corrected chi connectivity index (χ0v) is 48.6. The Labute approximate surface area is 454 Å². The van der Waals surface area contributed by atoms with E-state index in [0.29, 0.717) is 51.8 Å². The standard InChI is InChI=1S/C56H96N8O12/c1-16-38(6)48(62(13)54(70)46(36(2)3)60-52(68)47(37(4)5)61(11)12)44(72-14)35-45(65)63-28-20-24-42(63)49(73-15)39(7)50(66)59-41(34-40-22-18-17-19-23-40)53(69)64-29-21-25-43(64)51(67)57-26-30-74-32-33-75-31-27-58-55(71)76-56(8,9)10/h17-19,22-23,36-39,41-44,46-49H,16,20-21,24-35H2,1-15H3,(H,57,67)(H,58,71)(H,59,66)(H,60,68)/t38?,39?,41-,42?,43+,44?,46-,47?,48?,49?/m0/s1. The highest BCUT2D eigenvalue weighted by atomic mass is 16.6. The fraction of sp³-hybridized carbons (Fsp3) is 0.768. The minimum Gasteiger partial charge on any atom is -0.444 e. The van der Waals surface area contributed by atoms with E-state index in [0.717, 1.165) is 5.56 Å². The molecule has 4 N–H and O–H groups in total. The number of carbonyl (C=O) groups excluding carboxylic acids is 7. The summed E-state index contributed by atoms with van der Waals surface area (Å²) < 4.78 is 28.5. The lowest BCUT2D eigenvalue weighted by atomic mass is 9.89. The molecule has 1 aromatic carbocycles. The minimum atomic E-state index is -1.000. The first-order valence-electron chi connectivity index (χ1n) is 27.5. The third kappa shape index (κ3) is 19.8. The topological polar surface area (TPSA) is 227 Å². The van der Waals surface area contributed by atoms with Crippen molar-refractivity contribution in [2.75, 3.05) is 88.0 Å². The van der Waals surface area contributed by atoms with Crippen molar-refractivity contribution >= 4 is 41.5 Å². The number of ether oxygens (including phenoxy) is 5. The second-order valence-corrected chi connectivity index (χ2v) is 22.4. The van der Waals surface area contributed by atoms with Crippen LogP contribution >= 0.6 is 0 Å². The maximum Gasteiger partial charge on any atom is 0.407 e. The minimum absolute atomic E-state index is 0.0138. The number of hydrogen-bond donors (Lipinski definition) is 4. The van der Waals surface area contributed by atoms with E-state index in [1.807, 2.05) is 90.9 Å². The molecule has 0 spiro atoms. The third-order valence-electron chi connectivity index (χ3n) is 14.5. The number of rotatable bonds is 31. The van der Waals surface area contributed by atoms with Crippen molar-refractivity contribution in [3.05, 3.63) is 35.9 Å². The molecule has 7 amide bonds. The molecule has 3 rings (SSSR count). The van der Waals surface area contributed by atoms with Gasteiger partial charge in [0.25, 0.3) is 0 Å². The first-order valence-corrected chi connectivity index (χ1v) is 27.5. The summed E-state index contributed by atoms with van der Waals surface area (Å²) in [5.41, 5.74) is 0.241. The number of nitrogens with zero attached hydrogens (tertiary/aromatic N) is 4. The van der Waals surface area contributed by atoms with Gasteiger partial charge in [-0.05, 0) is 83.9 Å². The van der Waals surface area contributed by atoms with Crippen molar-refractivity contribution in [3.8, 4) is 0 Å². The molecule has 0 aliphatic carbocycles. The van der Waals surface area contributed by atoms with E-state index >= 15 is 0 Å². The number of amides is 7. The van der Waals surface area contributed by atoms with Crippen LogP contribution in [-0.2, 0) is 58.9 Å². The van der Waals surface area contributed by atoms with Gasteiger partial charge in [-0.2, -0.15) is 0 Å². The molecule has 0 bridgehead atoms. The van der Waals surface area contributed by atoms with Gasteiger partial charge in [0.2, 0.25) is 35.4 Å². The van der Waals surface area contributed by atoms with Gasteiger partial charge in [0.05, 0.1) is 69.1 Å². The Morgan fingerprint density at radius 3 is 1.91 bits per heavy atom. The third-order valence-corrected chi connectivity index (χ3v) is 14.5. The number of likely N-dealkylation sites (tertiary alicyclic amines) is 2. The zero-order valence-electron chi connectivity index (χ0n) is 48.6. The molecule has 1 aromatic rings. The summed E-state index contributed by atoms with van der Waals surface area (Å²) in [5, 5.41) is 11.6. The first kappa shape index (κ1) is 65.4. The van der Waals surface area contributed by atoms with Gasteiger partial charge in [0.15, 0.2) is 0 Å². The van der Waals surface area contributed by atoms with Crippen LogP contribution in [0.5, 0.6) is 0 Å². The van der Waals surface area contributed by atoms with Gasteiger partial charge in [-0.3, -0.25) is 33.7 Å². The summed E-state index contributed by atoms with van der Waals surface area (Å²) in [7, 11) is 8.47. The second-order valence-electron chi connectivity index (χ2n) is 22.4. The molecule has 2 aliphatic rings. The van der Waals surface area contributed by atoms with Crippen molar-refractivity contribution in [2.24, 2.45) is 23.7 Å². The largest absolute Gasteiger partial charge is 0.444 e. The number of alkyl carbamates (subject to hydrolysis) is 1. The van der Waals surface area contributed by atoms with Crippen molar-refractivity contribution in [3.63, 3.8) is 0 Å². The second kappa shape index (κ2) is 32.1. The van der Waals surface area contributed by atoms with E-state index in [-0.39, 0.29) is 93.0 Å². The summed E-state index contributed by atoms with van der Waals surface area (Å²) in [6.07, 6.45) is 1.24. The van der Waals surface area contributed by atoms with Crippen LogP contribution in [0.15, 0.2) is 30.3 Å². The van der Waals surface area contributed by atoms with Crippen molar-refractivity contribution in [1.82, 2.24) is 40.9 Å². The van der Waals surface area contributed by atoms with Gasteiger partial charge in [0, 0.05) is 53.9 Å². The van der Waals surface area contributed by atoms with E-state index in [2.05, 4.69) is 21.3 Å². The molecule has 0 saturated carbocycles. The molecule has 2 heterocycles. The lowest BCUT2D eigenvalue weighted by molar-refractivity contribution is -0.148. The van der Waals surface area contributed by atoms with Crippen LogP contribution in [-0.4, -0.2) is 203 Å². The predicted molar refractivity (Wildman–Crippen MR) is 291 cm³/mol. The van der Waals surface area contributed by atoms with Crippen LogP contribution in [0.2, 0.25) is 0 Å². The van der Waals surface area contributed by atoms with E-state index in [1.165, 1.54) is 7.11 Å². The molecule has 0 radical (unpaired) electrons. The number of methoxy groups -OCH3 is 2. The Balaban J connectivity index is 1.70. The number of benzene rings is 1. The molecule has 2 aliphatic heterocycles. The summed E-state index contributed by atoms with van der Waals surface area (Å²) >= 11 is 0. The molecule has 20 heteroatoms. The van der Waals surface area contributed by atoms with Gasteiger partial charge in [-0.25, -0.2) is 4.79 Å². The first-order chi connectivity index (χ1) is 35.9. The molecule has 20 nitrogen and oxygen atoms in total. The van der Waals surface area contributed by atoms with Crippen LogP contribution in [0, 0.1) is 23.7 Å². The molecule has 7 unspecified atom stereocenters. The number of likely N-dealkylation sites (N-methyl/N-ethyl adjacent to an activating group) is 2. The Morgan fingerprint density at radius 1 is 0.750 bits per heavy atom. The molecule has 0 aromatic heterocycles. The van der Waals surface area contributed by atoms with Crippen LogP contribution in [0.4, 0.5) is 4.79 Å². The number of hydrogen-bond acceptors (Lipinski definition) is 13. The normalized spacial score (nSPS) is 19.1. The fourth-order valence-electron chi connectivity index (χ4n) is 10.5. The maximum absolute atomic E-state index is 14.6. The van der Waals surface area contributed by atoms with Gasteiger partial charge in [0.1, 0.15) is 23.7 Å². The molecule has 2 saturated heterocycles. The van der Waals surface area contributed by atoms with E-state index < -0.39 is 72.0 Å². The van der Waals surface area contributed by atoms with Crippen molar-refractivity contribution in [1.29, 1.82) is 0 Å². The molecule has 432 valence electrons. The lowest BCUT2D eigenvalue weighted by Gasteiger charge is -2.41. The number of carbonyl (C=O) groups is 7. The highest BCUT2D eigenvalue weighted by molar-refractivity contribution is 5.93. The Hall–Kier alpha value is -4.89. The molecule has 10 atom stereocenters. The van der Waals surface area contributed by atoms with Gasteiger partial charge in [-0.1, -0.05) is 85.2 Å². The lowest BCUT2D eigenvalue weighted by Crippen LogP contribution is -2.59. The predicted octanol–water partition coefficient (Wildman–Crippen LogP) is 4.03. The van der Waals surface area contributed by atoms with E-state index in [4.69, 9.17) is 23.7 Å². The smallest absolute Gasteiger partial charge is 0.407 e. The SMILES string of the molecule is CCC(C)C(C(CC(=O)N1CCCC1C(OC)C(C)C(=O)N[C@@H](Cc1ccccc1)C(=O)N1CCC[C@@H]1C(=O)NCCOCCOCCNC(=O)OC(C)(C)C)OC)N(C)C(=O)[C@@H](NC(=O)C(C(C)C)N(C)C)C(C)C. The summed E-state index contributed by atoms with van der Waals surface area (Å²) in [5.74, 6) is -2.87. The monoisotopic (exact) mass is 1070 g/mol. The highest BCUT2D eigenvalue weighted by Gasteiger charge is 2.44. The number of nitrogens with one attached hydrogen (secondary N) is 4. The Morgan fingerprint density at radius 2 is 1.36 bits per heavy atom. The average Bonchev–Trinajstić information content (AvgIpc) is 4.06. The Kier molecular flexibility index (Phi) is 27.6. The fourth-order valence-corrected chi connectivity index (χ4v) is 10.5. The summed E-state index contributed by atoms with van der Waals surface area (Å²) in [4.78, 5) is 104. The van der Waals surface area contributed by atoms with Gasteiger partial charge < -0.3 is 59.7 Å². The Bertz CT molecular complexity index is 1980. The van der Waals surface area contributed by atoms with Crippen molar-refractivity contribution in [2.45, 2.75) is 168 Å². The van der Waals surface area contributed by atoms with Crippen LogP contribution in [0.3, 0.4) is 0 Å². The zero-order chi connectivity index (χ0) is 56.9. The highest BCUT2D eigenvalue weighted by Crippen LogP contribution is 2.30.